The highest BCUT2D eigenvalue weighted by molar-refractivity contribution is 5.83. The molecule has 1 aliphatic heterocycles. The molecule has 0 aromatic heterocycles. The van der Waals surface area contributed by atoms with Crippen molar-refractivity contribution in [3.05, 3.63) is 0 Å². The predicted octanol–water partition coefficient (Wildman–Crippen LogP) is 0.531. The van der Waals surface area contributed by atoms with Crippen LogP contribution in [0, 0.1) is 5.92 Å². The summed E-state index contributed by atoms with van der Waals surface area (Å²) in [6, 6.07) is -0.744. The van der Waals surface area contributed by atoms with E-state index >= 15 is 0 Å². The second kappa shape index (κ2) is 7.33. The van der Waals surface area contributed by atoms with E-state index in [1.54, 1.807) is 4.90 Å². The fourth-order valence-corrected chi connectivity index (χ4v) is 2.03. The summed E-state index contributed by atoms with van der Waals surface area (Å²) in [6.07, 6.45) is 0.808. The number of methoxy groups -OCH3 is 1. The maximum absolute atomic E-state index is 12.1. The Morgan fingerprint density at radius 3 is 2.32 bits per heavy atom. The van der Waals surface area contributed by atoms with E-state index in [4.69, 9.17) is 4.74 Å². The zero-order valence-electron chi connectivity index (χ0n) is 12.3. The number of nitrogens with zero attached hydrogens (tertiary/aromatic N) is 2. The van der Waals surface area contributed by atoms with E-state index in [1.807, 2.05) is 20.9 Å². The van der Waals surface area contributed by atoms with Crippen molar-refractivity contribution in [3.8, 4) is 0 Å². The summed E-state index contributed by atoms with van der Waals surface area (Å²) < 4.78 is 4.76. The Kier molecular flexibility index (Phi) is 6.08. The van der Waals surface area contributed by atoms with Crippen LogP contribution in [0.15, 0.2) is 0 Å². The number of carbonyl (C=O) groups excluding carboxylic acids is 2. The maximum Gasteiger partial charge on any atom is 0.328 e. The van der Waals surface area contributed by atoms with Gasteiger partial charge in [0.05, 0.1) is 7.11 Å². The molecule has 1 heterocycles. The molecule has 0 aromatic rings. The van der Waals surface area contributed by atoms with E-state index in [1.165, 1.54) is 7.11 Å². The number of nitrogens with one attached hydrogen (secondary N) is 1. The van der Waals surface area contributed by atoms with Gasteiger partial charge in [-0.1, -0.05) is 20.3 Å². The number of likely N-dealkylation sites (N-methyl/N-ethyl adjacent to an activating group) is 1. The lowest BCUT2D eigenvalue weighted by atomic mass is 9.99. The number of amides is 2. The van der Waals surface area contributed by atoms with Crippen LogP contribution in [0.2, 0.25) is 0 Å². The molecule has 0 aliphatic carbocycles. The van der Waals surface area contributed by atoms with Gasteiger partial charge in [0.2, 0.25) is 0 Å². The molecule has 0 radical (unpaired) electrons. The Balaban J connectivity index is 2.58. The molecule has 0 aromatic carbocycles. The maximum atomic E-state index is 12.1. The second-order valence-corrected chi connectivity index (χ2v) is 5.13. The van der Waals surface area contributed by atoms with E-state index in [2.05, 4.69) is 10.2 Å². The molecule has 1 N–H and O–H groups in total. The minimum atomic E-state index is -0.567. The number of esters is 1. The summed E-state index contributed by atoms with van der Waals surface area (Å²) >= 11 is 0. The van der Waals surface area contributed by atoms with Gasteiger partial charge in [0.1, 0.15) is 6.04 Å². The van der Waals surface area contributed by atoms with Crippen LogP contribution in [0.1, 0.15) is 20.3 Å². The van der Waals surface area contributed by atoms with Gasteiger partial charge in [-0.25, -0.2) is 9.59 Å². The van der Waals surface area contributed by atoms with E-state index in [-0.39, 0.29) is 17.9 Å². The quantitative estimate of drug-likeness (QED) is 0.758. The molecule has 0 saturated carbocycles. The first-order chi connectivity index (χ1) is 8.99. The monoisotopic (exact) mass is 271 g/mol. The highest BCUT2D eigenvalue weighted by atomic mass is 16.5. The molecule has 2 amide bonds. The lowest BCUT2D eigenvalue weighted by Gasteiger charge is -2.34. The third-order valence-corrected chi connectivity index (χ3v) is 3.74. The van der Waals surface area contributed by atoms with E-state index in [9.17, 15) is 9.59 Å². The first-order valence-electron chi connectivity index (χ1n) is 6.81. The second-order valence-electron chi connectivity index (χ2n) is 5.13. The summed E-state index contributed by atoms with van der Waals surface area (Å²) in [7, 11) is 3.38. The number of hydrogen-bond acceptors (Lipinski definition) is 4. The fourth-order valence-electron chi connectivity index (χ4n) is 2.03. The van der Waals surface area contributed by atoms with E-state index in [0.29, 0.717) is 13.1 Å². The highest BCUT2D eigenvalue weighted by Crippen LogP contribution is 2.10. The largest absolute Gasteiger partial charge is 0.467 e. The zero-order chi connectivity index (χ0) is 14.4. The number of hydrogen-bond donors (Lipinski definition) is 1. The molecule has 19 heavy (non-hydrogen) atoms. The highest BCUT2D eigenvalue weighted by Gasteiger charge is 2.29. The van der Waals surface area contributed by atoms with Crippen molar-refractivity contribution in [2.75, 3.05) is 40.3 Å². The Bertz CT molecular complexity index is 314. The number of urea groups is 1. The molecule has 1 fully saturated rings. The third-order valence-electron chi connectivity index (χ3n) is 3.74. The van der Waals surface area contributed by atoms with Gasteiger partial charge in [-0.2, -0.15) is 0 Å². The molecule has 1 saturated heterocycles. The van der Waals surface area contributed by atoms with Crippen LogP contribution in [0.5, 0.6) is 0 Å². The van der Waals surface area contributed by atoms with Crippen LogP contribution in [-0.2, 0) is 9.53 Å². The van der Waals surface area contributed by atoms with Crippen molar-refractivity contribution in [2.45, 2.75) is 26.3 Å². The van der Waals surface area contributed by atoms with Gasteiger partial charge in [0, 0.05) is 26.2 Å². The summed E-state index contributed by atoms with van der Waals surface area (Å²) in [5.41, 5.74) is 0. The van der Waals surface area contributed by atoms with Crippen molar-refractivity contribution in [2.24, 2.45) is 5.92 Å². The minimum Gasteiger partial charge on any atom is -0.467 e. The Morgan fingerprint density at radius 1 is 1.26 bits per heavy atom. The smallest absolute Gasteiger partial charge is 0.328 e. The molecular formula is C13H25N3O3. The van der Waals surface area contributed by atoms with Gasteiger partial charge in [0.15, 0.2) is 0 Å². The van der Waals surface area contributed by atoms with Crippen LogP contribution in [0.3, 0.4) is 0 Å². The van der Waals surface area contributed by atoms with Gasteiger partial charge in [-0.15, -0.1) is 0 Å². The van der Waals surface area contributed by atoms with Gasteiger partial charge in [0.25, 0.3) is 0 Å². The molecule has 1 rings (SSSR count). The van der Waals surface area contributed by atoms with Gasteiger partial charge in [-0.3, -0.25) is 0 Å². The van der Waals surface area contributed by atoms with Crippen molar-refractivity contribution in [1.29, 1.82) is 0 Å². The Labute approximate surface area is 115 Å². The molecule has 0 spiro atoms. The summed E-state index contributed by atoms with van der Waals surface area (Å²) in [4.78, 5) is 27.8. The van der Waals surface area contributed by atoms with Gasteiger partial charge in [-0.05, 0) is 13.0 Å². The Hall–Kier alpha value is -1.30. The molecule has 2 atom stereocenters. The average molecular weight is 271 g/mol. The molecule has 6 heteroatoms. The zero-order valence-corrected chi connectivity index (χ0v) is 12.3. The molecule has 6 nitrogen and oxygen atoms in total. The van der Waals surface area contributed by atoms with Crippen LogP contribution < -0.4 is 5.32 Å². The molecule has 0 bridgehead atoms. The van der Waals surface area contributed by atoms with Crippen molar-refractivity contribution in [3.63, 3.8) is 0 Å². The number of ether oxygens (including phenoxy) is 1. The normalized spacial score (nSPS) is 19.7. The molecule has 110 valence electrons. The van der Waals surface area contributed by atoms with Crippen LogP contribution in [-0.4, -0.2) is 68.2 Å². The summed E-state index contributed by atoms with van der Waals surface area (Å²) in [5, 5.41) is 2.80. The van der Waals surface area contributed by atoms with Crippen molar-refractivity contribution >= 4 is 12.0 Å². The lowest BCUT2D eigenvalue weighted by Crippen LogP contribution is -2.55. The fraction of sp³-hybridized carbons (Fsp3) is 0.846. The first kappa shape index (κ1) is 15.8. The topological polar surface area (TPSA) is 61.9 Å². The Morgan fingerprint density at radius 2 is 1.84 bits per heavy atom. The number of rotatable bonds is 4. The lowest BCUT2D eigenvalue weighted by molar-refractivity contribution is -0.144. The number of piperazine rings is 1. The van der Waals surface area contributed by atoms with Crippen LogP contribution >= 0.6 is 0 Å². The number of carbonyl (C=O) groups is 2. The first-order valence-corrected chi connectivity index (χ1v) is 6.81. The SMILES string of the molecule is CCC(C)[C@H](NC(=O)N1CCN(C)CC1)C(=O)OC. The molecule has 1 unspecified atom stereocenters. The summed E-state index contributed by atoms with van der Waals surface area (Å²) in [5.74, 6) is -0.319. The summed E-state index contributed by atoms with van der Waals surface area (Å²) in [6.45, 7) is 7.03. The van der Waals surface area contributed by atoms with Crippen LogP contribution in [0.25, 0.3) is 0 Å². The van der Waals surface area contributed by atoms with Crippen LogP contribution in [0.4, 0.5) is 4.79 Å². The molecular weight excluding hydrogens is 246 g/mol. The van der Waals surface area contributed by atoms with Gasteiger partial charge >= 0.3 is 12.0 Å². The predicted molar refractivity (Wildman–Crippen MR) is 72.9 cm³/mol. The van der Waals surface area contributed by atoms with Crippen molar-refractivity contribution in [1.82, 2.24) is 15.1 Å². The van der Waals surface area contributed by atoms with Gasteiger partial charge < -0.3 is 19.9 Å². The average Bonchev–Trinajstić information content (AvgIpc) is 2.43. The van der Waals surface area contributed by atoms with E-state index < -0.39 is 6.04 Å². The van der Waals surface area contributed by atoms with E-state index in [0.717, 1.165) is 19.5 Å². The third kappa shape index (κ3) is 4.38. The standard InChI is InChI=1S/C13H25N3O3/c1-5-10(2)11(12(17)19-4)14-13(18)16-8-6-15(3)7-9-16/h10-11H,5-9H2,1-4H3,(H,14,18)/t10?,11-/m0/s1. The minimum absolute atomic E-state index is 0.0591. The molecule has 1 aliphatic rings. The van der Waals surface area contributed by atoms with Crippen molar-refractivity contribution < 1.29 is 14.3 Å².